The minimum atomic E-state index is -3.23. The van der Waals surface area contributed by atoms with Crippen LogP contribution in [0.2, 0.25) is 0 Å². The lowest BCUT2D eigenvalue weighted by atomic mass is 9.90. The Bertz CT molecular complexity index is 540. The number of hydrogen-bond donors (Lipinski definition) is 0. The number of piperidine rings is 1. The molecule has 1 unspecified atom stereocenters. The minimum absolute atomic E-state index is 0.173. The average molecular weight is 287 g/mol. The van der Waals surface area contributed by atoms with E-state index in [1.165, 1.54) is 0 Å². The molecular formula is C11H17N3O2S2. The Labute approximate surface area is 111 Å². The molecule has 0 amide bonds. The quantitative estimate of drug-likeness (QED) is 0.831. The fourth-order valence-corrected chi connectivity index (χ4v) is 5.47. The molecule has 2 fully saturated rings. The summed E-state index contributed by atoms with van der Waals surface area (Å²) in [5.41, 5.74) is 0.737. The summed E-state index contributed by atoms with van der Waals surface area (Å²) in [7, 11) is -3.23. The van der Waals surface area contributed by atoms with Crippen LogP contribution in [0.15, 0.2) is 5.03 Å². The van der Waals surface area contributed by atoms with Gasteiger partial charge in [-0.1, -0.05) is 6.92 Å². The van der Waals surface area contributed by atoms with E-state index in [-0.39, 0.29) is 16.7 Å². The zero-order valence-electron chi connectivity index (χ0n) is 10.4. The van der Waals surface area contributed by atoms with Crippen molar-refractivity contribution in [3.8, 4) is 0 Å². The van der Waals surface area contributed by atoms with E-state index < -0.39 is 9.84 Å². The second-order valence-electron chi connectivity index (χ2n) is 5.19. The van der Waals surface area contributed by atoms with Gasteiger partial charge in [-0.25, -0.2) is 8.42 Å². The lowest BCUT2D eigenvalue weighted by Gasteiger charge is -2.20. The molecule has 3 atom stereocenters. The van der Waals surface area contributed by atoms with E-state index in [4.69, 9.17) is 0 Å². The minimum Gasteiger partial charge on any atom is -0.302 e. The molecule has 7 heteroatoms. The van der Waals surface area contributed by atoms with Gasteiger partial charge in [0.05, 0.1) is 23.2 Å². The lowest BCUT2D eigenvalue weighted by molar-refractivity contribution is 0.342. The third-order valence-corrected chi connectivity index (χ3v) is 6.43. The maximum Gasteiger partial charge on any atom is 0.198 e. The molecule has 1 aromatic heterocycles. The van der Waals surface area contributed by atoms with Crippen molar-refractivity contribution in [1.29, 1.82) is 0 Å². The van der Waals surface area contributed by atoms with Crippen molar-refractivity contribution < 1.29 is 8.42 Å². The normalized spacial score (nSPS) is 31.1. The summed E-state index contributed by atoms with van der Waals surface area (Å²) in [6, 6.07) is 0. The lowest BCUT2D eigenvalue weighted by Crippen LogP contribution is -2.23. The monoisotopic (exact) mass is 287 g/mol. The molecule has 0 spiro atoms. The highest BCUT2D eigenvalue weighted by molar-refractivity contribution is 7.91. The van der Waals surface area contributed by atoms with Gasteiger partial charge in [-0.05, 0) is 25.3 Å². The summed E-state index contributed by atoms with van der Waals surface area (Å²) < 4.78 is 32.7. The Morgan fingerprint density at radius 1 is 1.39 bits per heavy atom. The van der Waals surface area contributed by atoms with E-state index in [1.54, 1.807) is 0 Å². The molecule has 2 saturated heterocycles. The maximum absolute atomic E-state index is 12.2. The molecule has 5 nitrogen and oxygen atoms in total. The summed E-state index contributed by atoms with van der Waals surface area (Å²) in [4.78, 5) is 2.39. The highest BCUT2D eigenvalue weighted by Crippen LogP contribution is 2.41. The van der Waals surface area contributed by atoms with Crippen LogP contribution in [0, 0.1) is 5.92 Å². The van der Waals surface area contributed by atoms with Crippen LogP contribution < -0.4 is 0 Å². The zero-order valence-corrected chi connectivity index (χ0v) is 12.0. The summed E-state index contributed by atoms with van der Waals surface area (Å²) in [6.45, 7) is 5.07. The number of sulfone groups is 1. The molecule has 18 heavy (non-hydrogen) atoms. The molecule has 3 rings (SSSR count). The molecule has 1 aromatic rings. The summed E-state index contributed by atoms with van der Waals surface area (Å²) >= 11 is 1.04. The Morgan fingerprint density at radius 2 is 2.22 bits per heavy atom. The number of fused-ring (bicyclic) bond motifs is 2. The molecule has 2 bridgehead atoms. The molecule has 2 aliphatic heterocycles. The van der Waals surface area contributed by atoms with Crippen molar-refractivity contribution in [2.45, 2.75) is 30.7 Å². The van der Waals surface area contributed by atoms with Crippen LogP contribution in [-0.4, -0.2) is 47.5 Å². The molecule has 0 aromatic carbocycles. The van der Waals surface area contributed by atoms with Crippen LogP contribution in [0.5, 0.6) is 0 Å². The van der Waals surface area contributed by atoms with E-state index >= 15 is 0 Å². The first-order valence-corrected chi connectivity index (χ1v) is 8.77. The molecule has 0 N–H and O–H groups in total. The van der Waals surface area contributed by atoms with E-state index in [9.17, 15) is 8.42 Å². The number of aromatic nitrogens is 2. The van der Waals surface area contributed by atoms with Crippen LogP contribution in [0.4, 0.5) is 0 Å². The van der Waals surface area contributed by atoms with Gasteiger partial charge in [-0.15, -0.1) is 0 Å². The van der Waals surface area contributed by atoms with Crippen molar-refractivity contribution in [2.75, 3.05) is 25.4 Å². The average Bonchev–Trinajstić information content (AvgIpc) is 3.04. The highest BCUT2D eigenvalue weighted by Gasteiger charge is 2.42. The smallest absolute Gasteiger partial charge is 0.198 e. The van der Waals surface area contributed by atoms with Gasteiger partial charge in [0.2, 0.25) is 0 Å². The molecule has 100 valence electrons. The predicted molar refractivity (Wildman–Crippen MR) is 69.5 cm³/mol. The SMILES string of the molecule is CCCS(=O)(=O)c1nsnc1[C@@H]1CN2CC[C@H]1C2. The van der Waals surface area contributed by atoms with Crippen LogP contribution in [0.1, 0.15) is 31.4 Å². The summed E-state index contributed by atoms with van der Waals surface area (Å²) in [6.07, 6.45) is 1.79. The van der Waals surface area contributed by atoms with Crippen molar-refractivity contribution in [3.05, 3.63) is 5.69 Å². The summed E-state index contributed by atoms with van der Waals surface area (Å²) in [5.74, 6) is 1.02. The van der Waals surface area contributed by atoms with Crippen molar-refractivity contribution in [3.63, 3.8) is 0 Å². The summed E-state index contributed by atoms with van der Waals surface area (Å²) in [5, 5.41) is 0.257. The van der Waals surface area contributed by atoms with Gasteiger partial charge in [-0.2, -0.15) is 8.75 Å². The van der Waals surface area contributed by atoms with E-state index in [0.29, 0.717) is 12.3 Å². The molecule has 3 heterocycles. The van der Waals surface area contributed by atoms with Crippen molar-refractivity contribution in [1.82, 2.24) is 13.6 Å². The van der Waals surface area contributed by atoms with E-state index in [1.807, 2.05) is 6.92 Å². The van der Waals surface area contributed by atoms with Gasteiger partial charge in [0.25, 0.3) is 0 Å². The Balaban J connectivity index is 1.93. The standard InChI is InChI=1S/C11H17N3O2S2/c1-2-5-18(15,16)11-10(12-17-13-11)9-7-14-4-3-8(9)6-14/h8-9H,2-7H2,1H3/t8-,9+/m0/s1. The van der Waals surface area contributed by atoms with Gasteiger partial charge >= 0.3 is 0 Å². The Hall–Kier alpha value is -0.530. The predicted octanol–water partition coefficient (Wildman–Crippen LogP) is 1.14. The van der Waals surface area contributed by atoms with Gasteiger partial charge in [0.15, 0.2) is 14.9 Å². The third-order valence-electron chi connectivity index (χ3n) is 3.93. The number of rotatable bonds is 4. The maximum atomic E-state index is 12.2. The van der Waals surface area contributed by atoms with Gasteiger partial charge in [0, 0.05) is 19.0 Å². The van der Waals surface area contributed by atoms with Crippen LogP contribution >= 0.6 is 11.7 Å². The van der Waals surface area contributed by atoms with Crippen LogP contribution in [0.3, 0.4) is 0 Å². The largest absolute Gasteiger partial charge is 0.302 e. The van der Waals surface area contributed by atoms with Gasteiger partial charge in [0.1, 0.15) is 0 Å². The van der Waals surface area contributed by atoms with Crippen LogP contribution in [0.25, 0.3) is 0 Å². The Morgan fingerprint density at radius 3 is 2.83 bits per heavy atom. The van der Waals surface area contributed by atoms with E-state index in [0.717, 1.165) is 43.5 Å². The van der Waals surface area contributed by atoms with E-state index in [2.05, 4.69) is 13.6 Å². The van der Waals surface area contributed by atoms with Crippen LogP contribution in [-0.2, 0) is 9.84 Å². The first-order valence-electron chi connectivity index (χ1n) is 6.39. The molecule has 2 aliphatic rings. The second kappa shape index (κ2) is 4.54. The second-order valence-corrected chi connectivity index (χ2v) is 7.74. The Kier molecular flexibility index (Phi) is 3.15. The fourth-order valence-electron chi connectivity index (χ4n) is 3.09. The molecule has 0 aliphatic carbocycles. The first-order chi connectivity index (χ1) is 8.62. The fraction of sp³-hybridized carbons (Fsp3) is 0.818. The van der Waals surface area contributed by atoms with Crippen molar-refractivity contribution >= 4 is 21.6 Å². The van der Waals surface area contributed by atoms with Gasteiger partial charge < -0.3 is 4.90 Å². The molecule has 0 radical (unpaired) electrons. The number of nitrogens with zero attached hydrogens (tertiary/aromatic N) is 3. The number of hydrogen-bond acceptors (Lipinski definition) is 6. The van der Waals surface area contributed by atoms with Crippen molar-refractivity contribution in [2.24, 2.45) is 5.92 Å². The highest BCUT2D eigenvalue weighted by atomic mass is 32.2. The first kappa shape index (κ1) is 12.5. The van der Waals surface area contributed by atoms with Gasteiger partial charge in [-0.3, -0.25) is 0 Å². The topological polar surface area (TPSA) is 63.2 Å². The molecular weight excluding hydrogens is 270 g/mol. The molecule has 0 saturated carbocycles. The zero-order chi connectivity index (χ0) is 12.8. The third kappa shape index (κ3) is 1.98.